The number of hydrogen-bond acceptors (Lipinski definition) is 4. The lowest BCUT2D eigenvalue weighted by molar-refractivity contribution is 0.284. The van der Waals surface area contributed by atoms with E-state index in [4.69, 9.17) is 15.3 Å². The summed E-state index contributed by atoms with van der Waals surface area (Å²) in [6.45, 7) is 0.480. The number of ether oxygens (including phenoxy) is 2. The highest BCUT2D eigenvalue weighted by Gasteiger charge is 2.05. The van der Waals surface area contributed by atoms with Gasteiger partial charge in [0.15, 0.2) is 11.5 Å². The van der Waals surface area contributed by atoms with Crippen molar-refractivity contribution in [3.8, 4) is 11.5 Å². The lowest BCUT2D eigenvalue weighted by Crippen LogP contribution is -1.98. The third kappa shape index (κ3) is 3.74. The first-order valence-corrected chi connectivity index (χ1v) is 6.81. The van der Waals surface area contributed by atoms with Crippen LogP contribution in [0.25, 0.3) is 0 Å². The van der Waals surface area contributed by atoms with Crippen LogP contribution in [-0.2, 0) is 6.61 Å². The maximum Gasteiger partial charge on any atom is 0.161 e. The van der Waals surface area contributed by atoms with Gasteiger partial charge in [0, 0.05) is 4.47 Å². The van der Waals surface area contributed by atoms with E-state index in [0.717, 1.165) is 15.6 Å². The molecule has 0 saturated heterocycles. The Morgan fingerprint density at radius 1 is 1.15 bits per heavy atom. The van der Waals surface area contributed by atoms with Gasteiger partial charge in [-0.05, 0) is 41.5 Å². The standard InChI is InChI=1S/C15H15BrN2O2/c1-19-15-8-12(9-18-17)4-7-14(15)20-10-11-2-5-13(16)6-3-11/h2-9H,10,17H2,1H3. The fourth-order valence-electron chi connectivity index (χ4n) is 1.71. The van der Waals surface area contributed by atoms with Crippen LogP contribution < -0.4 is 15.3 Å². The van der Waals surface area contributed by atoms with E-state index in [9.17, 15) is 0 Å². The number of halogens is 1. The molecule has 0 bridgehead atoms. The van der Waals surface area contributed by atoms with Crippen LogP contribution in [0.4, 0.5) is 0 Å². The Labute approximate surface area is 126 Å². The van der Waals surface area contributed by atoms with Crippen molar-refractivity contribution in [2.75, 3.05) is 7.11 Å². The van der Waals surface area contributed by atoms with Gasteiger partial charge in [-0.2, -0.15) is 5.10 Å². The minimum absolute atomic E-state index is 0.480. The summed E-state index contributed by atoms with van der Waals surface area (Å²) in [5, 5.41) is 3.49. The first kappa shape index (κ1) is 14.4. The monoisotopic (exact) mass is 334 g/mol. The predicted octanol–water partition coefficient (Wildman–Crippen LogP) is 3.33. The highest BCUT2D eigenvalue weighted by atomic mass is 79.9. The molecule has 0 spiro atoms. The molecule has 0 unspecified atom stereocenters. The van der Waals surface area contributed by atoms with Gasteiger partial charge in [0.1, 0.15) is 6.61 Å². The summed E-state index contributed by atoms with van der Waals surface area (Å²) < 4.78 is 12.1. The normalized spacial score (nSPS) is 10.7. The molecule has 0 aliphatic heterocycles. The van der Waals surface area contributed by atoms with Crippen molar-refractivity contribution in [2.24, 2.45) is 10.9 Å². The van der Waals surface area contributed by atoms with Gasteiger partial charge in [-0.1, -0.05) is 28.1 Å². The second kappa shape index (κ2) is 6.96. The van der Waals surface area contributed by atoms with Gasteiger partial charge < -0.3 is 15.3 Å². The highest BCUT2D eigenvalue weighted by Crippen LogP contribution is 2.28. The number of hydrazone groups is 1. The van der Waals surface area contributed by atoms with Crippen molar-refractivity contribution in [1.82, 2.24) is 0 Å². The minimum Gasteiger partial charge on any atom is -0.493 e. The zero-order chi connectivity index (χ0) is 14.4. The van der Waals surface area contributed by atoms with Crippen LogP contribution >= 0.6 is 15.9 Å². The van der Waals surface area contributed by atoms with E-state index >= 15 is 0 Å². The fraction of sp³-hybridized carbons (Fsp3) is 0.133. The molecule has 0 aliphatic rings. The molecule has 0 amide bonds. The molecular weight excluding hydrogens is 320 g/mol. The van der Waals surface area contributed by atoms with E-state index in [-0.39, 0.29) is 0 Å². The number of rotatable bonds is 5. The average Bonchev–Trinajstić information content (AvgIpc) is 2.47. The van der Waals surface area contributed by atoms with Gasteiger partial charge in [0.05, 0.1) is 13.3 Å². The first-order valence-electron chi connectivity index (χ1n) is 6.01. The quantitative estimate of drug-likeness (QED) is 0.518. The molecule has 2 rings (SSSR count). The lowest BCUT2D eigenvalue weighted by atomic mass is 10.2. The van der Waals surface area contributed by atoms with Gasteiger partial charge in [-0.15, -0.1) is 0 Å². The van der Waals surface area contributed by atoms with Crippen molar-refractivity contribution < 1.29 is 9.47 Å². The molecule has 2 N–H and O–H groups in total. The van der Waals surface area contributed by atoms with Crippen LogP contribution in [0.5, 0.6) is 11.5 Å². The van der Waals surface area contributed by atoms with Gasteiger partial charge in [-0.25, -0.2) is 0 Å². The summed E-state index contributed by atoms with van der Waals surface area (Å²) in [7, 11) is 1.60. The molecule has 5 heteroatoms. The Morgan fingerprint density at radius 2 is 1.90 bits per heavy atom. The minimum atomic E-state index is 0.480. The Bertz CT molecular complexity index is 597. The second-order valence-corrected chi connectivity index (χ2v) is 5.02. The molecule has 2 aromatic carbocycles. The third-order valence-corrected chi connectivity index (χ3v) is 3.25. The van der Waals surface area contributed by atoms with Gasteiger partial charge in [0.25, 0.3) is 0 Å². The highest BCUT2D eigenvalue weighted by molar-refractivity contribution is 9.10. The largest absolute Gasteiger partial charge is 0.493 e. The zero-order valence-electron chi connectivity index (χ0n) is 11.0. The summed E-state index contributed by atoms with van der Waals surface area (Å²) in [5.41, 5.74) is 1.95. The van der Waals surface area contributed by atoms with Crippen LogP contribution in [0.3, 0.4) is 0 Å². The molecule has 0 heterocycles. The number of hydrogen-bond donors (Lipinski definition) is 1. The average molecular weight is 335 g/mol. The van der Waals surface area contributed by atoms with Gasteiger partial charge in [-0.3, -0.25) is 0 Å². The Balaban J connectivity index is 2.10. The Morgan fingerprint density at radius 3 is 2.55 bits per heavy atom. The molecule has 0 fully saturated rings. The van der Waals surface area contributed by atoms with Crippen LogP contribution in [0.2, 0.25) is 0 Å². The fourth-order valence-corrected chi connectivity index (χ4v) is 1.98. The summed E-state index contributed by atoms with van der Waals surface area (Å²) in [4.78, 5) is 0. The van der Waals surface area contributed by atoms with E-state index in [1.54, 1.807) is 13.3 Å². The first-order chi connectivity index (χ1) is 9.72. The molecular formula is C15H15BrN2O2. The topological polar surface area (TPSA) is 56.8 Å². The van der Waals surface area contributed by atoms with E-state index in [2.05, 4.69) is 21.0 Å². The van der Waals surface area contributed by atoms with Crippen molar-refractivity contribution in [2.45, 2.75) is 6.61 Å². The van der Waals surface area contributed by atoms with Crippen LogP contribution in [0.15, 0.2) is 52.0 Å². The zero-order valence-corrected chi connectivity index (χ0v) is 12.6. The van der Waals surface area contributed by atoms with Crippen molar-refractivity contribution >= 4 is 22.1 Å². The van der Waals surface area contributed by atoms with Crippen LogP contribution in [0, 0.1) is 0 Å². The molecule has 0 atom stereocenters. The van der Waals surface area contributed by atoms with Crippen molar-refractivity contribution in [3.63, 3.8) is 0 Å². The molecule has 4 nitrogen and oxygen atoms in total. The molecule has 0 radical (unpaired) electrons. The van der Waals surface area contributed by atoms with Gasteiger partial charge in [0.2, 0.25) is 0 Å². The maximum absolute atomic E-state index is 5.77. The van der Waals surface area contributed by atoms with Crippen molar-refractivity contribution in [3.05, 3.63) is 58.1 Å². The number of nitrogens with zero attached hydrogens (tertiary/aromatic N) is 1. The molecule has 0 aliphatic carbocycles. The van der Waals surface area contributed by atoms with E-state index < -0.39 is 0 Å². The smallest absolute Gasteiger partial charge is 0.161 e. The van der Waals surface area contributed by atoms with Crippen LogP contribution in [0.1, 0.15) is 11.1 Å². The third-order valence-electron chi connectivity index (χ3n) is 2.72. The number of benzene rings is 2. The van der Waals surface area contributed by atoms with E-state index in [1.165, 1.54) is 0 Å². The number of methoxy groups -OCH3 is 1. The summed E-state index contributed by atoms with van der Waals surface area (Å²) in [6, 6.07) is 13.5. The predicted molar refractivity (Wildman–Crippen MR) is 83.2 cm³/mol. The van der Waals surface area contributed by atoms with Gasteiger partial charge >= 0.3 is 0 Å². The summed E-state index contributed by atoms with van der Waals surface area (Å²) in [6.07, 6.45) is 1.56. The molecule has 2 aromatic rings. The second-order valence-electron chi connectivity index (χ2n) is 4.10. The molecule has 104 valence electrons. The van der Waals surface area contributed by atoms with Crippen LogP contribution in [-0.4, -0.2) is 13.3 Å². The summed E-state index contributed by atoms with van der Waals surface area (Å²) >= 11 is 3.40. The lowest BCUT2D eigenvalue weighted by Gasteiger charge is -2.11. The van der Waals surface area contributed by atoms with E-state index in [1.807, 2.05) is 42.5 Å². The van der Waals surface area contributed by atoms with E-state index in [0.29, 0.717) is 18.1 Å². The maximum atomic E-state index is 5.77. The number of nitrogens with two attached hydrogens (primary N) is 1. The SMILES string of the molecule is COc1cc(C=NN)ccc1OCc1ccc(Br)cc1. The Hall–Kier alpha value is -2.01. The summed E-state index contributed by atoms with van der Waals surface area (Å²) in [5.74, 6) is 6.47. The Kier molecular flexibility index (Phi) is 5.01. The van der Waals surface area contributed by atoms with Crippen molar-refractivity contribution in [1.29, 1.82) is 0 Å². The molecule has 20 heavy (non-hydrogen) atoms. The molecule has 0 saturated carbocycles. The molecule has 0 aromatic heterocycles.